The van der Waals surface area contributed by atoms with Crippen LogP contribution < -0.4 is 0 Å². The highest BCUT2D eigenvalue weighted by atomic mass is 31.2. The lowest BCUT2D eigenvalue weighted by Crippen LogP contribution is -2.58. The maximum Gasteiger partial charge on any atom is 0.470 e. The molecule has 21 heteroatoms. The van der Waals surface area contributed by atoms with Crippen molar-refractivity contribution in [3.05, 3.63) is 0 Å². The zero-order chi connectivity index (χ0) is 21.4. The van der Waals surface area contributed by atoms with Gasteiger partial charge in [-0.2, -0.15) is 0 Å². The van der Waals surface area contributed by atoms with Gasteiger partial charge in [-0.1, -0.05) is 0 Å². The van der Waals surface area contributed by atoms with E-state index in [1.807, 2.05) is 0 Å². The highest BCUT2D eigenvalue weighted by Gasteiger charge is 2.54. The monoisotopic (exact) mass is 484 g/mol. The molecule has 0 heterocycles. The lowest BCUT2D eigenvalue weighted by molar-refractivity contribution is -0.161. The number of hydrogen-bond acceptors (Lipinski definition) is 9. The van der Waals surface area contributed by atoms with Crippen molar-refractivity contribution in [1.82, 2.24) is 0 Å². The summed E-state index contributed by atoms with van der Waals surface area (Å²) in [7, 11) is -21.9. The lowest BCUT2D eigenvalue weighted by atomic mass is 9.87. The van der Waals surface area contributed by atoms with Crippen LogP contribution in [0.1, 0.15) is 6.42 Å². The molecule has 5 atom stereocenters. The van der Waals surface area contributed by atoms with E-state index in [2.05, 4.69) is 18.1 Å². The molecule has 1 saturated carbocycles. The fraction of sp³-hybridized carbons (Fsp3) is 1.00. The highest BCUT2D eigenvalue weighted by molar-refractivity contribution is 7.47. The molecule has 1 aliphatic carbocycles. The van der Waals surface area contributed by atoms with E-state index in [-0.39, 0.29) is 0 Å². The molecule has 0 bridgehead atoms. The zero-order valence-corrected chi connectivity index (χ0v) is 16.3. The van der Waals surface area contributed by atoms with Gasteiger partial charge in [-0.05, 0) is 0 Å². The third-order valence-corrected chi connectivity index (χ3v) is 5.02. The maximum absolute atomic E-state index is 11.1. The molecule has 0 aromatic rings. The van der Waals surface area contributed by atoms with Crippen molar-refractivity contribution < 1.29 is 80.6 Å². The molecule has 162 valence electrons. The minimum Gasteiger partial charge on any atom is -0.390 e. The van der Waals surface area contributed by atoms with E-state index in [1.54, 1.807) is 0 Å². The average molecular weight is 484 g/mol. The molecule has 1 rings (SSSR count). The Morgan fingerprint density at radius 3 is 1.26 bits per heavy atom. The summed E-state index contributed by atoms with van der Waals surface area (Å²) in [6.07, 6.45) is -12.6. The molecule has 0 saturated heterocycles. The van der Waals surface area contributed by atoms with Gasteiger partial charge in [0.1, 0.15) is 24.4 Å². The van der Waals surface area contributed by atoms with Gasteiger partial charge in [0.2, 0.25) is 0 Å². The predicted molar refractivity (Wildman–Crippen MR) is 78.3 cm³/mol. The minimum absolute atomic E-state index is 0.985. The van der Waals surface area contributed by atoms with Gasteiger partial charge >= 0.3 is 31.3 Å². The van der Waals surface area contributed by atoms with Gasteiger partial charge in [-0.3, -0.25) is 18.1 Å². The Balaban J connectivity index is 3.41. The van der Waals surface area contributed by atoms with E-state index in [9.17, 15) is 23.4 Å². The van der Waals surface area contributed by atoms with Gasteiger partial charge < -0.3 is 44.3 Å². The third-order valence-electron chi connectivity index (χ3n) is 2.92. The van der Waals surface area contributed by atoms with E-state index in [0.29, 0.717) is 0 Å². The zero-order valence-electron chi connectivity index (χ0n) is 12.7. The second-order valence-electron chi connectivity index (χ2n) is 5.12. The minimum atomic E-state index is -5.57. The van der Waals surface area contributed by atoms with E-state index < -0.39 is 68.2 Å². The van der Waals surface area contributed by atoms with E-state index in [4.69, 9.17) is 39.1 Å². The molecule has 0 radical (unpaired) electrons. The summed E-state index contributed by atoms with van der Waals surface area (Å²) in [5, 5.41) is 9.90. The number of phosphoric acid groups is 4. The molecule has 0 aliphatic heterocycles. The Hall–Kier alpha value is 0.400. The van der Waals surface area contributed by atoms with Crippen molar-refractivity contribution in [2.24, 2.45) is 0 Å². The molecule has 17 nitrogen and oxygen atoms in total. The fourth-order valence-electron chi connectivity index (χ4n) is 2.26. The molecule has 27 heavy (non-hydrogen) atoms. The molecule has 0 unspecified atom stereocenters. The second-order valence-corrected chi connectivity index (χ2v) is 9.89. The summed E-state index contributed by atoms with van der Waals surface area (Å²) in [6.45, 7) is 0. The van der Waals surface area contributed by atoms with Crippen LogP contribution >= 0.6 is 31.3 Å². The topological polar surface area (TPSA) is 287 Å². The number of hydrogen-bond donors (Lipinski definition) is 9. The quantitative estimate of drug-likeness (QED) is 0.163. The summed E-state index contributed by atoms with van der Waals surface area (Å²) in [4.78, 5) is 71.1. The van der Waals surface area contributed by atoms with Crippen molar-refractivity contribution in [2.75, 3.05) is 0 Å². The van der Waals surface area contributed by atoms with Crippen LogP contribution in [0.5, 0.6) is 0 Å². The van der Waals surface area contributed by atoms with Gasteiger partial charge in [0.25, 0.3) is 0 Å². The SMILES string of the molecule is O=P(O)(O)O[C@@H]1[C@@H](OP(=O)(O)O)[C@@H](O)C[C@H](OP(=O)(O)O)[C@H]1OP(=O)(O)O. The molecular formula is C6H16O17P4. The van der Waals surface area contributed by atoms with E-state index in [0.717, 1.165) is 0 Å². The molecular weight excluding hydrogens is 468 g/mol. The first-order valence-corrected chi connectivity index (χ1v) is 12.5. The average Bonchev–Trinajstić information content (AvgIpc) is 2.32. The first-order chi connectivity index (χ1) is 11.8. The number of phosphoric ester groups is 4. The summed E-state index contributed by atoms with van der Waals surface area (Å²) in [5.74, 6) is 0. The third kappa shape index (κ3) is 9.63. The Kier molecular flexibility index (Phi) is 8.14. The van der Waals surface area contributed by atoms with Crippen LogP contribution in [-0.4, -0.2) is 74.8 Å². The standard InChI is InChI=1S/C6H16O17P4/c7-2-1-3(20-24(8,9)10)5(22-26(14,15)16)6(23-27(17,18)19)4(2)21-25(11,12)13/h2-7H,1H2,(H2,8,9,10)(H2,11,12,13)(H2,14,15,16)(H2,17,18,19)/t2-,3-,4-,5+,6+/m0/s1. The maximum atomic E-state index is 11.1. The molecule has 0 spiro atoms. The van der Waals surface area contributed by atoms with Gasteiger partial charge in [-0.15, -0.1) is 0 Å². The summed E-state index contributed by atoms with van der Waals surface area (Å²) < 4.78 is 60.9. The molecule has 9 N–H and O–H groups in total. The van der Waals surface area contributed by atoms with Gasteiger partial charge in [0.05, 0.1) is 6.10 Å². The molecule has 0 aromatic heterocycles. The summed E-state index contributed by atoms with van der Waals surface area (Å²) in [6, 6.07) is 0. The van der Waals surface area contributed by atoms with E-state index >= 15 is 0 Å². The largest absolute Gasteiger partial charge is 0.470 e. The normalized spacial score (nSPS) is 31.1. The van der Waals surface area contributed by atoms with Crippen LogP contribution in [0, 0.1) is 0 Å². The highest BCUT2D eigenvalue weighted by Crippen LogP contribution is 2.52. The van der Waals surface area contributed by atoms with Crippen molar-refractivity contribution >= 4 is 31.3 Å². The predicted octanol–water partition coefficient (Wildman–Crippen LogP) is -2.34. The van der Waals surface area contributed by atoms with Crippen LogP contribution in [0.25, 0.3) is 0 Å². The smallest absolute Gasteiger partial charge is 0.390 e. The Labute approximate surface area is 149 Å². The van der Waals surface area contributed by atoms with Gasteiger partial charge in [0, 0.05) is 6.42 Å². The molecule has 0 amide bonds. The first kappa shape index (κ1) is 25.4. The summed E-state index contributed by atoms with van der Waals surface area (Å²) >= 11 is 0. The Morgan fingerprint density at radius 1 is 0.556 bits per heavy atom. The number of aliphatic hydroxyl groups excluding tert-OH is 1. The van der Waals surface area contributed by atoms with Crippen molar-refractivity contribution in [3.63, 3.8) is 0 Å². The van der Waals surface area contributed by atoms with Gasteiger partial charge in [-0.25, -0.2) is 18.3 Å². The van der Waals surface area contributed by atoms with Crippen molar-refractivity contribution in [3.8, 4) is 0 Å². The number of rotatable bonds is 8. The Bertz CT molecular complexity index is 696. The van der Waals surface area contributed by atoms with Crippen LogP contribution in [0.3, 0.4) is 0 Å². The van der Waals surface area contributed by atoms with Gasteiger partial charge in [0.15, 0.2) is 0 Å². The molecule has 0 aromatic carbocycles. The number of aliphatic hydroxyl groups is 1. The first-order valence-electron chi connectivity index (χ1n) is 6.41. The van der Waals surface area contributed by atoms with Crippen LogP contribution in [0.2, 0.25) is 0 Å². The van der Waals surface area contributed by atoms with Crippen LogP contribution in [0.15, 0.2) is 0 Å². The second kappa shape index (κ2) is 8.64. The fourth-order valence-corrected chi connectivity index (χ4v) is 4.52. The lowest BCUT2D eigenvalue weighted by Gasteiger charge is -2.43. The Morgan fingerprint density at radius 2 is 0.889 bits per heavy atom. The molecule has 1 fully saturated rings. The summed E-state index contributed by atoms with van der Waals surface area (Å²) in [5.41, 5.74) is 0. The van der Waals surface area contributed by atoms with E-state index in [1.165, 1.54) is 0 Å². The van der Waals surface area contributed by atoms with Crippen molar-refractivity contribution in [1.29, 1.82) is 0 Å². The van der Waals surface area contributed by atoms with Crippen molar-refractivity contribution in [2.45, 2.75) is 36.9 Å². The van der Waals surface area contributed by atoms with Crippen LogP contribution in [-0.2, 0) is 36.4 Å². The molecule has 1 aliphatic rings. The van der Waals surface area contributed by atoms with Crippen LogP contribution in [0.4, 0.5) is 0 Å².